The van der Waals surface area contributed by atoms with E-state index in [4.69, 9.17) is 4.74 Å². The van der Waals surface area contributed by atoms with Crippen LogP contribution in [0.4, 0.5) is 0 Å². The molecular formula is C19H35NO3. The molecule has 0 aliphatic heterocycles. The molecular weight excluding hydrogens is 290 g/mol. The molecule has 4 heteroatoms. The van der Waals surface area contributed by atoms with Crippen molar-refractivity contribution in [1.29, 1.82) is 0 Å². The van der Waals surface area contributed by atoms with Gasteiger partial charge in [0.05, 0.1) is 6.61 Å². The SMILES string of the molecule is CCCOC(=O)C(CC)N(C)C(=O)[C@@H]1C[C@H](C)CC[C@H]1C(C)C. The second-order valence-electron chi connectivity index (χ2n) is 7.47. The maximum Gasteiger partial charge on any atom is 0.328 e. The van der Waals surface area contributed by atoms with Crippen molar-refractivity contribution in [2.24, 2.45) is 23.7 Å². The maximum absolute atomic E-state index is 13.1. The Morgan fingerprint density at radius 2 is 1.87 bits per heavy atom. The van der Waals surface area contributed by atoms with Gasteiger partial charge >= 0.3 is 5.97 Å². The second-order valence-corrected chi connectivity index (χ2v) is 7.47. The molecule has 0 spiro atoms. The van der Waals surface area contributed by atoms with Gasteiger partial charge in [-0.25, -0.2) is 4.79 Å². The number of hydrogen-bond donors (Lipinski definition) is 0. The van der Waals surface area contributed by atoms with E-state index in [2.05, 4.69) is 20.8 Å². The summed E-state index contributed by atoms with van der Waals surface area (Å²) < 4.78 is 5.27. The minimum absolute atomic E-state index is 0.0387. The monoisotopic (exact) mass is 325 g/mol. The van der Waals surface area contributed by atoms with Crippen LogP contribution in [0.2, 0.25) is 0 Å². The summed E-state index contributed by atoms with van der Waals surface area (Å²) in [5.74, 6) is 1.39. The summed E-state index contributed by atoms with van der Waals surface area (Å²) in [6.45, 7) is 11.0. The Morgan fingerprint density at radius 1 is 1.22 bits per heavy atom. The zero-order valence-electron chi connectivity index (χ0n) is 15.8. The van der Waals surface area contributed by atoms with Gasteiger partial charge in [-0.2, -0.15) is 0 Å². The summed E-state index contributed by atoms with van der Waals surface area (Å²) in [5.41, 5.74) is 0. The smallest absolute Gasteiger partial charge is 0.328 e. The summed E-state index contributed by atoms with van der Waals surface area (Å²) in [6, 6.07) is -0.459. The molecule has 1 aliphatic carbocycles. The molecule has 0 bridgehead atoms. The normalized spacial score (nSPS) is 26.0. The lowest BCUT2D eigenvalue weighted by Crippen LogP contribution is -2.48. The quantitative estimate of drug-likeness (QED) is 0.667. The molecule has 1 saturated carbocycles. The van der Waals surface area contributed by atoms with E-state index >= 15 is 0 Å². The highest BCUT2D eigenvalue weighted by Gasteiger charge is 2.39. The van der Waals surface area contributed by atoms with Gasteiger partial charge in [-0.05, 0) is 43.4 Å². The predicted molar refractivity (Wildman–Crippen MR) is 92.9 cm³/mol. The second kappa shape index (κ2) is 9.29. The molecule has 1 aliphatic rings. The fourth-order valence-electron chi connectivity index (χ4n) is 3.80. The molecule has 0 radical (unpaired) electrons. The Hall–Kier alpha value is -1.06. The van der Waals surface area contributed by atoms with Crippen molar-refractivity contribution in [1.82, 2.24) is 4.90 Å². The zero-order valence-corrected chi connectivity index (χ0v) is 15.8. The third-order valence-electron chi connectivity index (χ3n) is 5.26. The van der Waals surface area contributed by atoms with Gasteiger partial charge in [-0.15, -0.1) is 0 Å². The van der Waals surface area contributed by atoms with Gasteiger partial charge in [-0.1, -0.05) is 41.0 Å². The first-order valence-corrected chi connectivity index (χ1v) is 9.26. The van der Waals surface area contributed by atoms with Gasteiger partial charge < -0.3 is 9.64 Å². The number of ether oxygens (including phenoxy) is 1. The molecule has 0 heterocycles. The van der Waals surface area contributed by atoms with Crippen molar-refractivity contribution < 1.29 is 14.3 Å². The van der Waals surface area contributed by atoms with E-state index in [1.807, 2.05) is 13.8 Å². The molecule has 4 nitrogen and oxygen atoms in total. The van der Waals surface area contributed by atoms with Gasteiger partial charge in [0, 0.05) is 13.0 Å². The van der Waals surface area contributed by atoms with E-state index in [1.54, 1.807) is 11.9 Å². The third kappa shape index (κ3) is 5.22. The van der Waals surface area contributed by atoms with E-state index in [0.29, 0.717) is 30.8 Å². The largest absolute Gasteiger partial charge is 0.464 e. The summed E-state index contributed by atoms with van der Waals surface area (Å²) >= 11 is 0. The van der Waals surface area contributed by atoms with Crippen molar-refractivity contribution in [2.45, 2.75) is 72.8 Å². The molecule has 0 aromatic heterocycles. The van der Waals surface area contributed by atoms with Gasteiger partial charge in [0.25, 0.3) is 0 Å². The van der Waals surface area contributed by atoms with Gasteiger partial charge in [0.1, 0.15) is 6.04 Å². The standard InChI is InChI=1S/C19H35NO3/c1-7-11-23-19(22)17(8-2)20(6)18(21)16-12-14(5)9-10-15(16)13(3)4/h13-17H,7-12H2,1-6H3/t14-,15+,16-,17?/m1/s1. The number of rotatable bonds is 7. The van der Waals surface area contributed by atoms with Crippen LogP contribution >= 0.6 is 0 Å². The number of carbonyl (C=O) groups is 2. The van der Waals surface area contributed by atoms with Gasteiger partial charge in [-0.3, -0.25) is 4.79 Å². The predicted octanol–water partition coefficient (Wildman–Crippen LogP) is 3.89. The zero-order chi connectivity index (χ0) is 17.6. The lowest BCUT2D eigenvalue weighted by molar-refractivity contribution is -0.157. The van der Waals surface area contributed by atoms with E-state index in [1.165, 1.54) is 6.42 Å². The molecule has 134 valence electrons. The first kappa shape index (κ1) is 20.0. The molecule has 4 atom stereocenters. The molecule has 1 unspecified atom stereocenters. The molecule has 0 aromatic carbocycles. The lowest BCUT2D eigenvalue weighted by Gasteiger charge is -2.39. The number of carbonyl (C=O) groups excluding carboxylic acids is 2. The van der Waals surface area contributed by atoms with Crippen molar-refractivity contribution in [3.63, 3.8) is 0 Å². The third-order valence-corrected chi connectivity index (χ3v) is 5.26. The van der Waals surface area contributed by atoms with Crippen LogP contribution in [0.5, 0.6) is 0 Å². The Kier molecular flexibility index (Phi) is 8.07. The van der Waals surface area contributed by atoms with Crippen molar-refractivity contribution >= 4 is 11.9 Å². The number of amides is 1. The van der Waals surface area contributed by atoms with Crippen molar-refractivity contribution in [2.75, 3.05) is 13.7 Å². The van der Waals surface area contributed by atoms with Crippen LogP contribution in [-0.2, 0) is 14.3 Å². The summed E-state index contributed by atoms with van der Waals surface area (Å²) in [7, 11) is 1.76. The lowest BCUT2D eigenvalue weighted by atomic mass is 9.69. The van der Waals surface area contributed by atoms with Crippen LogP contribution in [-0.4, -0.2) is 36.5 Å². The summed E-state index contributed by atoms with van der Waals surface area (Å²) in [5, 5.41) is 0. The van der Waals surface area contributed by atoms with Crippen LogP contribution in [0.25, 0.3) is 0 Å². The molecule has 1 rings (SSSR count). The van der Waals surface area contributed by atoms with Crippen LogP contribution in [0.1, 0.15) is 66.7 Å². The van der Waals surface area contributed by atoms with E-state index in [9.17, 15) is 9.59 Å². The first-order valence-electron chi connectivity index (χ1n) is 9.26. The first-order chi connectivity index (χ1) is 10.8. The average molecular weight is 325 g/mol. The number of esters is 1. The fourth-order valence-corrected chi connectivity index (χ4v) is 3.80. The molecule has 1 fully saturated rings. The van der Waals surface area contributed by atoms with Crippen molar-refractivity contribution in [3.8, 4) is 0 Å². The highest BCUT2D eigenvalue weighted by molar-refractivity contribution is 5.85. The molecule has 0 saturated heterocycles. The maximum atomic E-state index is 13.1. The molecule has 1 amide bonds. The summed E-state index contributed by atoms with van der Waals surface area (Å²) in [4.78, 5) is 26.9. The Bertz CT molecular complexity index is 394. The Balaban J connectivity index is 2.83. The Labute approximate surface area is 141 Å². The minimum Gasteiger partial charge on any atom is -0.464 e. The topological polar surface area (TPSA) is 46.6 Å². The van der Waals surface area contributed by atoms with Crippen LogP contribution < -0.4 is 0 Å². The minimum atomic E-state index is -0.459. The highest BCUT2D eigenvalue weighted by Crippen LogP contribution is 2.39. The molecule has 0 N–H and O–H groups in total. The van der Waals surface area contributed by atoms with E-state index < -0.39 is 6.04 Å². The van der Waals surface area contributed by atoms with Crippen LogP contribution in [0, 0.1) is 23.7 Å². The van der Waals surface area contributed by atoms with Crippen LogP contribution in [0.15, 0.2) is 0 Å². The van der Waals surface area contributed by atoms with Gasteiger partial charge in [0.15, 0.2) is 0 Å². The van der Waals surface area contributed by atoms with Gasteiger partial charge in [0.2, 0.25) is 5.91 Å². The van der Waals surface area contributed by atoms with E-state index in [-0.39, 0.29) is 17.8 Å². The number of hydrogen-bond acceptors (Lipinski definition) is 3. The van der Waals surface area contributed by atoms with E-state index in [0.717, 1.165) is 19.3 Å². The highest BCUT2D eigenvalue weighted by atomic mass is 16.5. The number of nitrogens with zero attached hydrogens (tertiary/aromatic N) is 1. The van der Waals surface area contributed by atoms with Crippen molar-refractivity contribution in [3.05, 3.63) is 0 Å². The van der Waals surface area contributed by atoms with Crippen LogP contribution in [0.3, 0.4) is 0 Å². The number of likely N-dealkylation sites (N-methyl/N-ethyl adjacent to an activating group) is 1. The summed E-state index contributed by atoms with van der Waals surface area (Å²) in [6.07, 6.45) is 4.65. The Morgan fingerprint density at radius 3 is 2.39 bits per heavy atom. The molecule has 23 heavy (non-hydrogen) atoms. The molecule has 0 aromatic rings. The average Bonchev–Trinajstić information content (AvgIpc) is 2.52. The fraction of sp³-hybridized carbons (Fsp3) is 0.895.